The molecule has 3 rings (SSSR count). The Labute approximate surface area is 105 Å². The molecule has 3 atom stereocenters. The molecular weight excluding hydrogens is 240 g/mol. The van der Waals surface area contributed by atoms with Crippen LogP contribution in [0.1, 0.15) is 19.3 Å². The third kappa shape index (κ3) is 1.73. The molecule has 2 aliphatic rings. The lowest BCUT2D eigenvalue weighted by Gasteiger charge is -2.35. The first-order chi connectivity index (χ1) is 8.19. The molecule has 92 valence electrons. The van der Waals surface area contributed by atoms with Gasteiger partial charge in [-0.25, -0.2) is 4.98 Å². The maximum absolute atomic E-state index is 9.51. The van der Waals surface area contributed by atoms with Crippen molar-refractivity contribution in [1.82, 2.24) is 9.97 Å². The van der Waals surface area contributed by atoms with Gasteiger partial charge in [-0.2, -0.15) is 4.98 Å². The quantitative estimate of drug-likeness (QED) is 0.772. The Morgan fingerprint density at radius 1 is 1.47 bits per heavy atom. The first kappa shape index (κ1) is 11.0. The summed E-state index contributed by atoms with van der Waals surface area (Å²) in [5.74, 6) is 1.50. The van der Waals surface area contributed by atoms with E-state index in [0.717, 1.165) is 18.7 Å². The Morgan fingerprint density at radius 2 is 2.29 bits per heavy atom. The number of aliphatic hydroxyl groups is 1. The van der Waals surface area contributed by atoms with Crippen LogP contribution in [-0.4, -0.2) is 33.8 Å². The zero-order valence-corrected chi connectivity index (χ0v) is 10.1. The van der Waals surface area contributed by atoms with Gasteiger partial charge in [-0.1, -0.05) is 11.6 Å². The van der Waals surface area contributed by atoms with Crippen LogP contribution in [-0.2, 0) is 0 Å². The summed E-state index contributed by atoms with van der Waals surface area (Å²) in [5, 5.41) is 9.86. The molecule has 1 saturated carbocycles. The van der Waals surface area contributed by atoms with E-state index in [1.54, 1.807) is 6.07 Å². The van der Waals surface area contributed by atoms with Crippen molar-refractivity contribution in [2.24, 2.45) is 5.92 Å². The van der Waals surface area contributed by atoms with Gasteiger partial charge < -0.3 is 15.7 Å². The number of nitrogens with zero attached hydrogens (tertiary/aromatic N) is 3. The van der Waals surface area contributed by atoms with Crippen LogP contribution < -0.4 is 10.6 Å². The zero-order chi connectivity index (χ0) is 12.0. The number of aromatic nitrogens is 2. The minimum Gasteiger partial charge on any atom is -0.394 e. The molecule has 0 amide bonds. The molecule has 3 N–H and O–H groups in total. The third-order valence-electron chi connectivity index (χ3n) is 3.89. The number of nitrogen functional groups attached to an aromatic ring is 1. The van der Waals surface area contributed by atoms with E-state index in [1.165, 1.54) is 6.42 Å². The summed E-state index contributed by atoms with van der Waals surface area (Å²) in [7, 11) is 0. The van der Waals surface area contributed by atoms with Crippen molar-refractivity contribution >= 4 is 23.4 Å². The van der Waals surface area contributed by atoms with Gasteiger partial charge in [0.2, 0.25) is 5.95 Å². The monoisotopic (exact) mass is 254 g/mol. The first-order valence-electron chi connectivity index (χ1n) is 5.88. The Bertz CT molecular complexity index is 421. The molecule has 2 bridgehead atoms. The highest BCUT2D eigenvalue weighted by Gasteiger charge is 2.46. The van der Waals surface area contributed by atoms with Crippen molar-refractivity contribution in [3.8, 4) is 0 Å². The first-order valence-corrected chi connectivity index (χ1v) is 6.26. The molecule has 0 spiro atoms. The van der Waals surface area contributed by atoms with Gasteiger partial charge in [0.15, 0.2) is 0 Å². The topological polar surface area (TPSA) is 75.3 Å². The number of anilines is 2. The van der Waals surface area contributed by atoms with Gasteiger partial charge in [-0.05, 0) is 25.2 Å². The molecule has 2 heterocycles. The summed E-state index contributed by atoms with van der Waals surface area (Å²) in [6, 6.07) is 2.34. The number of piperidine rings is 1. The molecule has 1 saturated heterocycles. The van der Waals surface area contributed by atoms with Crippen molar-refractivity contribution < 1.29 is 5.11 Å². The van der Waals surface area contributed by atoms with E-state index in [2.05, 4.69) is 14.9 Å². The SMILES string of the molecule is Nc1nc(Cl)cc(N2C3CCC(C3)C2CO)n1. The molecule has 0 radical (unpaired) electrons. The highest BCUT2D eigenvalue weighted by atomic mass is 35.5. The number of rotatable bonds is 2. The van der Waals surface area contributed by atoms with E-state index < -0.39 is 0 Å². The van der Waals surface area contributed by atoms with E-state index >= 15 is 0 Å². The lowest BCUT2D eigenvalue weighted by atomic mass is 9.99. The van der Waals surface area contributed by atoms with E-state index in [9.17, 15) is 5.11 Å². The fourth-order valence-electron chi connectivity index (χ4n) is 3.24. The minimum absolute atomic E-state index is 0.152. The Hall–Kier alpha value is -1.07. The molecule has 1 aromatic rings. The number of hydrogen-bond acceptors (Lipinski definition) is 5. The molecule has 1 aliphatic heterocycles. The van der Waals surface area contributed by atoms with Crippen LogP contribution in [0.5, 0.6) is 0 Å². The standard InChI is InChI=1S/C11H15ClN4O/c12-9-4-10(15-11(13)14-9)16-7-2-1-6(3-7)8(16)5-17/h4,6-8,17H,1-3,5H2,(H2,13,14,15). The summed E-state index contributed by atoms with van der Waals surface area (Å²) >= 11 is 5.90. The lowest BCUT2D eigenvalue weighted by Crippen LogP contribution is -2.43. The highest BCUT2D eigenvalue weighted by Crippen LogP contribution is 2.44. The second kappa shape index (κ2) is 3.99. The predicted octanol–water partition coefficient (Wildman–Crippen LogP) is 1.06. The maximum Gasteiger partial charge on any atom is 0.223 e. The van der Waals surface area contributed by atoms with Crippen LogP contribution in [0.2, 0.25) is 5.15 Å². The molecule has 0 aromatic carbocycles. The van der Waals surface area contributed by atoms with Crippen LogP contribution in [0.3, 0.4) is 0 Å². The number of aliphatic hydroxyl groups excluding tert-OH is 1. The third-order valence-corrected chi connectivity index (χ3v) is 4.08. The molecule has 3 unspecified atom stereocenters. The van der Waals surface area contributed by atoms with Gasteiger partial charge in [0.05, 0.1) is 12.6 Å². The largest absolute Gasteiger partial charge is 0.394 e. The number of hydrogen-bond donors (Lipinski definition) is 2. The van der Waals surface area contributed by atoms with Crippen LogP contribution in [0, 0.1) is 5.92 Å². The summed E-state index contributed by atoms with van der Waals surface area (Å²) < 4.78 is 0. The normalized spacial score (nSPS) is 31.2. The Kier molecular flexibility index (Phi) is 2.60. The average molecular weight is 255 g/mol. The lowest BCUT2D eigenvalue weighted by molar-refractivity contribution is 0.228. The fourth-order valence-corrected chi connectivity index (χ4v) is 3.42. The van der Waals surface area contributed by atoms with Crippen molar-refractivity contribution in [1.29, 1.82) is 0 Å². The minimum atomic E-state index is 0.152. The predicted molar refractivity (Wildman–Crippen MR) is 65.9 cm³/mol. The number of halogens is 1. The van der Waals surface area contributed by atoms with E-state index in [1.807, 2.05) is 0 Å². The van der Waals surface area contributed by atoms with Crippen molar-refractivity contribution in [3.63, 3.8) is 0 Å². The molecule has 2 fully saturated rings. The summed E-state index contributed by atoms with van der Waals surface area (Å²) in [5.41, 5.74) is 5.62. The zero-order valence-electron chi connectivity index (χ0n) is 9.38. The van der Waals surface area contributed by atoms with Gasteiger partial charge in [-0.15, -0.1) is 0 Å². The number of nitrogens with two attached hydrogens (primary N) is 1. The van der Waals surface area contributed by atoms with Crippen molar-refractivity contribution in [2.75, 3.05) is 17.2 Å². The molecular formula is C11H15ClN4O. The second-order valence-corrected chi connectivity index (χ2v) is 5.18. The molecule has 1 aromatic heterocycles. The van der Waals surface area contributed by atoms with E-state index in [4.69, 9.17) is 17.3 Å². The summed E-state index contributed by atoms with van der Waals surface area (Å²) in [4.78, 5) is 10.3. The molecule has 17 heavy (non-hydrogen) atoms. The van der Waals surface area contributed by atoms with Crippen molar-refractivity contribution in [3.05, 3.63) is 11.2 Å². The van der Waals surface area contributed by atoms with Gasteiger partial charge in [0, 0.05) is 12.1 Å². The smallest absolute Gasteiger partial charge is 0.223 e. The van der Waals surface area contributed by atoms with Crippen LogP contribution in [0.25, 0.3) is 0 Å². The van der Waals surface area contributed by atoms with Gasteiger partial charge >= 0.3 is 0 Å². The number of fused-ring (bicyclic) bond motifs is 2. The van der Waals surface area contributed by atoms with Gasteiger partial charge in [0.1, 0.15) is 11.0 Å². The maximum atomic E-state index is 9.51. The van der Waals surface area contributed by atoms with Gasteiger partial charge in [-0.3, -0.25) is 0 Å². The van der Waals surface area contributed by atoms with Crippen LogP contribution in [0.4, 0.5) is 11.8 Å². The second-order valence-electron chi connectivity index (χ2n) is 4.79. The summed E-state index contributed by atoms with van der Waals surface area (Å²) in [6.07, 6.45) is 3.48. The van der Waals surface area contributed by atoms with E-state index in [0.29, 0.717) is 17.1 Å². The Balaban J connectivity index is 1.97. The van der Waals surface area contributed by atoms with Crippen LogP contribution >= 0.6 is 11.6 Å². The van der Waals surface area contributed by atoms with Gasteiger partial charge in [0.25, 0.3) is 0 Å². The highest BCUT2D eigenvalue weighted by molar-refractivity contribution is 6.29. The average Bonchev–Trinajstić information content (AvgIpc) is 2.86. The molecule has 6 heteroatoms. The molecule has 5 nitrogen and oxygen atoms in total. The van der Waals surface area contributed by atoms with Crippen LogP contribution in [0.15, 0.2) is 6.07 Å². The fraction of sp³-hybridized carbons (Fsp3) is 0.636. The van der Waals surface area contributed by atoms with E-state index in [-0.39, 0.29) is 18.6 Å². The van der Waals surface area contributed by atoms with Crippen molar-refractivity contribution in [2.45, 2.75) is 31.3 Å². The Morgan fingerprint density at radius 3 is 3.00 bits per heavy atom. The molecule has 1 aliphatic carbocycles. The summed E-state index contributed by atoms with van der Waals surface area (Å²) in [6.45, 7) is 0.155.